The van der Waals surface area contributed by atoms with Crippen molar-refractivity contribution in [3.05, 3.63) is 35.9 Å². The van der Waals surface area contributed by atoms with Crippen LogP contribution >= 0.6 is 0 Å². The van der Waals surface area contributed by atoms with Gasteiger partial charge in [-0.2, -0.15) is 0 Å². The molecule has 1 aromatic rings. The van der Waals surface area contributed by atoms with Gasteiger partial charge in [-0.15, -0.1) is 0 Å². The number of hydrogen-bond donors (Lipinski definition) is 1. The van der Waals surface area contributed by atoms with E-state index in [-0.39, 0.29) is 5.54 Å². The van der Waals surface area contributed by atoms with Crippen molar-refractivity contribution in [2.45, 2.75) is 38.4 Å². The molecule has 2 nitrogen and oxygen atoms in total. The zero-order valence-electron chi connectivity index (χ0n) is 9.61. The molecule has 1 aliphatic rings. The Morgan fingerprint density at radius 2 is 2.00 bits per heavy atom. The Bertz CT molecular complexity index is 319. The highest BCUT2D eigenvalue weighted by atomic mass is 15.2. The Kier molecular flexibility index (Phi) is 2.81. The lowest BCUT2D eigenvalue weighted by atomic mass is 9.96. The predicted octanol–water partition coefficient (Wildman–Crippen LogP) is 2.00. The Morgan fingerprint density at radius 3 is 2.53 bits per heavy atom. The first kappa shape index (κ1) is 10.7. The van der Waals surface area contributed by atoms with E-state index in [1.54, 1.807) is 0 Å². The molecule has 82 valence electrons. The molecule has 1 fully saturated rings. The number of hydrogen-bond acceptors (Lipinski definition) is 2. The number of nitrogens with zero attached hydrogens (tertiary/aromatic N) is 1. The highest BCUT2D eigenvalue weighted by molar-refractivity contribution is 5.15. The third kappa shape index (κ3) is 2.06. The van der Waals surface area contributed by atoms with Gasteiger partial charge in [0.2, 0.25) is 0 Å². The highest BCUT2D eigenvalue weighted by Gasteiger charge is 2.38. The molecule has 1 aliphatic heterocycles. The molecular weight excluding hydrogens is 184 g/mol. The first-order chi connectivity index (χ1) is 7.10. The van der Waals surface area contributed by atoms with E-state index in [0.29, 0.717) is 6.04 Å². The van der Waals surface area contributed by atoms with Crippen LogP contribution in [0.5, 0.6) is 0 Å². The molecule has 15 heavy (non-hydrogen) atoms. The van der Waals surface area contributed by atoms with Gasteiger partial charge in [-0.25, -0.2) is 0 Å². The molecule has 1 saturated heterocycles. The van der Waals surface area contributed by atoms with Gasteiger partial charge in [0.1, 0.15) is 0 Å². The number of likely N-dealkylation sites (tertiary alicyclic amines) is 1. The average molecular weight is 204 g/mol. The largest absolute Gasteiger partial charge is 0.326 e. The molecule has 0 spiro atoms. The Labute approximate surface area is 92.1 Å². The molecule has 0 aromatic heterocycles. The maximum absolute atomic E-state index is 6.11. The van der Waals surface area contributed by atoms with Gasteiger partial charge >= 0.3 is 0 Å². The molecule has 0 amide bonds. The zero-order valence-corrected chi connectivity index (χ0v) is 9.61. The first-order valence-electron chi connectivity index (χ1n) is 5.65. The fourth-order valence-corrected chi connectivity index (χ4v) is 2.26. The van der Waals surface area contributed by atoms with Crippen molar-refractivity contribution in [1.29, 1.82) is 0 Å². The molecule has 1 heterocycles. The van der Waals surface area contributed by atoms with Crippen LogP contribution in [0.4, 0.5) is 0 Å². The summed E-state index contributed by atoms with van der Waals surface area (Å²) in [7, 11) is 0. The molecule has 2 N–H and O–H groups in total. The normalized spacial score (nSPS) is 25.7. The van der Waals surface area contributed by atoms with Gasteiger partial charge in [-0.3, -0.25) is 4.90 Å². The Hall–Kier alpha value is -0.860. The summed E-state index contributed by atoms with van der Waals surface area (Å²) in [6.45, 7) is 6.62. The van der Waals surface area contributed by atoms with Gasteiger partial charge < -0.3 is 5.73 Å². The van der Waals surface area contributed by atoms with Crippen molar-refractivity contribution in [2.24, 2.45) is 5.73 Å². The number of nitrogens with two attached hydrogens (primary N) is 1. The molecule has 1 aromatic carbocycles. The van der Waals surface area contributed by atoms with E-state index in [0.717, 1.165) is 19.5 Å². The third-order valence-corrected chi connectivity index (χ3v) is 3.65. The van der Waals surface area contributed by atoms with Crippen LogP contribution in [-0.2, 0) is 6.54 Å². The second kappa shape index (κ2) is 3.95. The van der Waals surface area contributed by atoms with Crippen molar-refractivity contribution in [1.82, 2.24) is 4.90 Å². The summed E-state index contributed by atoms with van der Waals surface area (Å²) in [5, 5.41) is 0. The summed E-state index contributed by atoms with van der Waals surface area (Å²) in [5.74, 6) is 0. The van der Waals surface area contributed by atoms with Gasteiger partial charge in [0.05, 0.1) is 0 Å². The first-order valence-corrected chi connectivity index (χ1v) is 5.65. The summed E-state index contributed by atoms with van der Waals surface area (Å²) < 4.78 is 0. The van der Waals surface area contributed by atoms with Crippen LogP contribution in [0, 0.1) is 0 Å². The van der Waals surface area contributed by atoms with E-state index in [1.807, 2.05) is 0 Å². The van der Waals surface area contributed by atoms with E-state index < -0.39 is 0 Å². The smallest absolute Gasteiger partial charge is 0.0308 e. The molecule has 2 heteroatoms. The molecule has 0 aliphatic carbocycles. The van der Waals surface area contributed by atoms with Crippen LogP contribution in [0.1, 0.15) is 25.8 Å². The van der Waals surface area contributed by atoms with Crippen molar-refractivity contribution in [3.8, 4) is 0 Å². The van der Waals surface area contributed by atoms with Crippen LogP contribution in [0.2, 0.25) is 0 Å². The highest BCUT2D eigenvalue weighted by Crippen LogP contribution is 2.28. The number of benzene rings is 1. The van der Waals surface area contributed by atoms with Crippen molar-refractivity contribution in [2.75, 3.05) is 6.54 Å². The standard InChI is InChI=1S/C13H20N2/c1-13(2)12(14)8-9-15(13)10-11-6-4-3-5-7-11/h3-7,12H,8-10,14H2,1-2H3/t12-/m1/s1. The van der Waals surface area contributed by atoms with E-state index >= 15 is 0 Å². The monoisotopic (exact) mass is 204 g/mol. The summed E-state index contributed by atoms with van der Waals surface area (Å²) in [6.07, 6.45) is 1.11. The summed E-state index contributed by atoms with van der Waals surface area (Å²) >= 11 is 0. The zero-order chi connectivity index (χ0) is 10.9. The summed E-state index contributed by atoms with van der Waals surface area (Å²) in [6, 6.07) is 10.9. The Morgan fingerprint density at radius 1 is 1.33 bits per heavy atom. The molecule has 0 radical (unpaired) electrons. The molecule has 0 bridgehead atoms. The van der Waals surface area contributed by atoms with Gasteiger partial charge in [0.15, 0.2) is 0 Å². The van der Waals surface area contributed by atoms with E-state index in [1.165, 1.54) is 5.56 Å². The quantitative estimate of drug-likeness (QED) is 0.798. The average Bonchev–Trinajstić information content (AvgIpc) is 2.47. The van der Waals surface area contributed by atoms with E-state index in [9.17, 15) is 0 Å². The van der Waals surface area contributed by atoms with Gasteiger partial charge in [-0.1, -0.05) is 30.3 Å². The minimum absolute atomic E-state index is 0.135. The lowest BCUT2D eigenvalue weighted by Gasteiger charge is -2.34. The van der Waals surface area contributed by atoms with Crippen LogP contribution in [-0.4, -0.2) is 23.0 Å². The molecule has 2 rings (SSSR count). The van der Waals surface area contributed by atoms with Crippen LogP contribution in [0.3, 0.4) is 0 Å². The summed E-state index contributed by atoms with van der Waals surface area (Å²) in [4.78, 5) is 2.48. The molecule has 0 saturated carbocycles. The van der Waals surface area contributed by atoms with Gasteiger partial charge in [0, 0.05) is 24.7 Å². The third-order valence-electron chi connectivity index (χ3n) is 3.65. The van der Waals surface area contributed by atoms with Crippen LogP contribution < -0.4 is 5.73 Å². The molecule has 1 atom stereocenters. The fraction of sp³-hybridized carbons (Fsp3) is 0.538. The van der Waals surface area contributed by atoms with Crippen molar-refractivity contribution in [3.63, 3.8) is 0 Å². The maximum atomic E-state index is 6.11. The van der Waals surface area contributed by atoms with Crippen LogP contribution in [0.25, 0.3) is 0 Å². The number of rotatable bonds is 2. The predicted molar refractivity (Wildman–Crippen MR) is 63.5 cm³/mol. The van der Waals surface area contributed by atoms with Gasteiger partial charge in [0.25, 0.3) is 0 Å². The lowest BCUT2D eigenvalue weighted by Crippen LogP contribution is -2.48. The topological polar surface area (TPSA) is 29.3 Å². The lowest BCUT2D eigenvalue weighted by molar-refractivity contribution is 0.154. The molecule has 0 unspecified atom stereocenters. The second-order valence-electron chi connectivity index (χ2n) is 4.96. The molecular formula is C13H20N2. The van der Waals surface area contributed by atoms with Crippen molar-refractivity contribution >= 4 is 0 Å². The summed E-state index contributed by atoms with van der Waals surface area (Å²) in [5.41, 5.74) is 7.62. The van der Waals surface area contributed by atoms with E-state index in [2.05, 4.69) is 49.1 Å². The maximum Gasteiger partial charge on any atom is 0.0308 e. The van der Waals surface area contributed by atoms with Gasteiger partial charge in [-0.05, 0) is 25.8 Å². The second-order valence-corrected chi connectivity index (χ2v) is 4.96. The fourth-order valence-electron chi connectivity index (χ4n) is 2.26. The Balaban J connectivity index is 2.08. The van der Waals surface area contributed by atoms with Crippen LogP contribution in [0.15, 0.2) is 30.3 Å². The minimum atomic E-state index is 0.135. The minimum Gasteiger partial charge on any atom is -0.326 e. The SMILES string of the molecule is CC1(C)[C@H](N)CCN1Cc1ccccc1. The van der Waals surface area contributed by atoms with E-state index in [4.69, 9.17) is 5.73 Å². The van der Waals surface area contributed by atoms with Crippen molar-refractivity contribution < 1.29 is 0 Å².